The molecule has 1 aliphatic rings. The summed E-state index contributed by atoms with van der Waals surface area (Å²) in [6.07, 6.45) is 4.32. The topological polar surface area (TPSA) is 53.5 Å². The van der Waals surface area contributed by atoms with Crippen LogP contribution in [0.25, 0.3) is 0 Å². The molecular weight excluding hydrogens is 326 g/mol. The highest BCUT2D eigenvalue weighted by molar-refractivity contribution is 5.95. The van der Waals surface area contributed by atoms with E-state index in [9.17, 15) is 9.59 Å². The SMILES string of the molecule is CCC(C)c1ccc(C(=O)N2CCN(C(=O)c3cccnc3)CC2)cc1. The highest BCUT2D eigenvalue weighted by Gasteiger charge is 2.25. The van der Waals surface area contributed by atoms with E-state index in [4.69, 9.17) is 0 Å². The van der Waals surface area contributed by atoms with E-state index in [1.807, 2.05) is 29.2 Å². The third-order valence-corrected chi connectivity index (χ3v) is 5.10. The molecule has 2 aromatic rings. The summed E-state index contributed by atoms with van der Waals surface area (Å²) in [6.45, 7) is 6.55. The van der Waals surface area contributed by atoms with Gasteiger partial charge in [0.1, 0.15) is 0 Å². The second-order valence-corrected chi connectivity index (χ2v) is 6.76. The van der Waals surface area contributed by atoms with Gasteiger partial charge in [-0.1, -0.05) is 26.0 Å². The molecule has 1 aromatic heterocycles. The average Bonchev–Trinajstić information content (AvgIpc) is 2.73. The Bertz CT molecular complexity index is 751. The van der Waals surface area contributed by atoms with Crippen LogP contribution in [0.2, 0.25) is 0 Å². The molecule has 1 aliphatic heterocycles. The van der Waals surface area contributed by atoms with Gasteiger partial charge in [-0.05, 0) is 42.2 Å². The van der Waals surface area contributed by atoms with Crippen LogP contribution in [0.3, 0.4) is 0 Å². The fourth-order valence-electron chi connectivity index (χ4n) is 3.16. The summed E-state index contributed by atoms with van der Waals surface area (Å²) in [5, 5.41) is 0. The molecule has 0 N–H and O–H groups in total. The Balaban J connectivity index is 1.59. The molecule has 136 valence electrons. The van der Waals surface area contributed by atoms with Crippen molar-refractivity contribution >= 4 is 11.8 Å². The molecule has 0 bridgehead atoms. The Kier molecular flexibility index (Phi) is 5.66. The van der Waals surface area contributed by atoms with Crippen LogP contribution in [0.4, 0.5) is 0 Å². The van der Waals surface area contributed by atoms with Crippen molar-refractivity contribution in [1.29, 1.82) is 0 Å². The first kappa shape index (κ1) is 18.1. The van der Waals surface area contributed by atoms with Gasteiger partial charge in [0, 0.05) is 44.1 Å². The normalized spacial score (nSPS) is 15.6. The zero-order valence-electron chi connectivity index (χ0n) is 15.4. The average molecular weight is 351 g/mol. The molecule has 0 radical (unpaired) electrons. The predicted molar refractivity (Wildman–Crippen MR) is 101 cm³/mol. The quantitative estimate of drug-likeness (QED) is 0.850. The number of amides is 2. The van der Waals surface area contributed by atoms with E-state index in [-0.39, 0.29) is 11.8 Å². The van der Waals surface area contributed by atoms with Crippen LogP contribution in [0, 0.1) is 0 Å². The first-order chi connectivity index (χ1) is 12.6. The van der Waals surface area contributed by atoms with Crippen LogP contribution >= 0.6 is 0 Å². The van der Waals surface area contributed by atoms with E-state index in [0.29, 0.717) is 43.2 Å². The van der Waals surface area contributed by atoms with E-state index in [1.54, 1.807) is 29.4 Å². The Hall–Kier alpha value is -2.69. The smallest absolute Gasteiger partial charge is 0.255 e. The third-order valence-electron chi connectivity index (χ3n) is 5.10. The maximum Gasteiger partial charge on any atom is 0.255 e. The van der Waals surface area contributed by atoms with E-state index in [2.05, 4.69) is 18.8 Å². The number of piperazine rings is 1. The van der Waals surface area contributed by atoms with Crippen molar-refractivity contribution in [2.75, 3.05) is 26.2 Å². The summed E-state index contributed by atoms with van der Waals surface area (Å²) >= 11 is 0. The molecule has 1 aromatic carbocycles. The number of hydrogen-bond donors (Lipinski definition) is 0. The van der Waals surface area contributed by atoms with Crippen molar-refractivity contribution in [1.82, 2.24) is 14.8 Å². The number of carbonyl (C=O) groups is 2. The predicted octanol–water partition coefficient (Wildman–Crippen LogP) is 3.19. The third kappa shape index (κ3) is 3.93. The molecule has 5 nitrogen and oxygen atoms in total. The summed E-state index contributed by atoms with van der Waals surface area (Å²) < 4.78 is 0. The molecule has 1 saturated heterocycles. The largest absolute Gasteiger partial charge is 0.335 e. The maximum absolute atomic E-state index is 12.7. The van der Waals surface area contributed by atoms with Gasteiger partial charge in [0.15, 0.2) is 0 Å². The lowest BCUT2D eigenvalue weighted by Crippen LogP contribution is -2.50. The van der Waals surface area contributed by atoms with Gasteiger partial charge in [-0.15, -0.1) is 0 Å². The standard InChI is InChI=1S/C21H25N3O2/c1-3-16(2)17-6-8-18(9-7-17)20(25)23-11-13-24(14-12-23)21(26)19-5-4-10-22-15-19/h4-10,15-16H,3,11-14H2,1-2H3. The van der Waals surface area contributed by atoms with Crippen molar-refractivity contribution in [3.63, 3.8) is 0 Å². The minimum absolute atomic E-state index is 0.0249. The number of rotatable bonds is 4. The van der Waals surface area contributed by atoms with Crippen molar-refractivity contribution in [2.45, 2.75) is 26.2 Å². The minimum Gasteiger partial charge on any atom is -0.335 e. The van der Waals surface area contributed by atoms with E-state index in [1.165, 1.54) is 5.56 Å². The van der Waals surface area contributed by atoms with Crippen molar-refractivity contribution in [3.8, 4) is 0 Å². The molecule has 1 fully saturated rings. The fraction of sp³-hybridized carbons (Fsp3) is 0.381. The molecule has 0 spiro atoms. The number of hydrogen-bond acceptors (Lipinski definition) is 3. The van der Waals surface area contributed by atoms with Crippen LogP contribution in [0.5, 0.6) is 0 Å². The van der Waals surface area contributed by atoms with Gasteiger partial charge in [0.2, 0.25) is 0 Å². The highest BCUT2D eigenvalue weighted by atomic mass is 16.2. The number of carbonyl (C=O) groups excluding carboxylic acids is 2. The van der Waals surface area contributed by atoms with Gasteiger partial charge in [-0.25, -0.2) is 0 Å². The monoisotopic (exact) mass is 351 g/mol. The van der Waals surface area contributed by atoms with E-state index >= 15 is 0 Å². The lowest BCUT2D eigenvalue weighted by molar-refractivity contribution is 0.0535. The van der Waals surface area contributed by atoms with Gasteiger partial charge in [-0.3, -0.25) is 14.6 Å². The van der Waals surface area contributed by atoms with Crippen LogP contribution < -0.4 is 0 Å². The summed E-state index contributed by atoms with van der Waals surface area (Å²) in [6, 6.07) is 11.4. The molecule has 26 heavy (non-hydrogen) atoms. The maximum atomic E-state index is 12.7. The summed E-state index contributed by atoms with van der Waals surface area (Å²) in [5.74, 6) is 0.512. The number of nitrogens with zero attached hydrogens (tertiary/aromatic N) is 3. The molecule has 0 saturated carbocycles. The first-order valence-corrected chi connectivity index (χ1v) is 9.18. The number of aromatic nitrogens is 1. The van der Waals surface area contributed by atoms with Gasteiger partial charge in [0.05, 0.1) is 5.56 Å². The summed E-state index contributed by atoms with van der Waals surface area (Å²) in [5.41, 5.74) is 2.56. The lowest BCUT2D eigenvalue weighted by Gasteiger charge is -2.34. The molecule has 1 atom stereocenters. The van der Waals surface area contributed by atoms with Gasteiger partial charge in [-0.2, -0.15) is 0 Å². The van der Waals surface area contributed by atoms with Gasteiger partial charge >= 0.3 is 0 Å². The first-order valence-electron chi connectivity index (χ1n) is 9.18. The molecular formula is C21H25N3O2. The van der Waals surface area contributed by atoms with Crippen LogP contribution in [0.15, 0.2) is 48.8 Å². The van der Waals surface area contributed by atoms with Crippen molar-refractivity contribution < 1.29 is 9.59 Å². The molecule has 0 aliphatic carbocycles. The highest BCUT2D eigenvalue weighted by Crippen LogP contribution is 2.20. The minimum atomic E-state index is -0.0249. The van der Waals surface area contributed by atoms with Crippen LogP contribution in [-0.2, 0) is 0 Å². The van der Waals surface area contributed by atoms with E-state index in [0.717, 1.165) is 6.42 Å². The Morgan fingerprint density at radius 3 is 2.04 bits per heavy atom. The van der Waals surface area contributed by atoms with Crippen molar-refractivity contribution in [3.05, 3.63) is 65.5 Å². The van der Waals surface area contributed by atoms with Crippen LogP contribution in [0.1, 0.15) is 52.5 Å². The molecule has 5 heteroatoms. The summed E-state index contributed by atoms with van der Waals surface area (Å²) in [4.78, 5) is 32.8. The van der Waals surface area contributed by atoms with Crippen LogP contribution in [-0.4, -0.2) is 52.8 Å². The Morgan fingerprint density at radius 2 is 1.54 bits per heavy atom. The van der Waals surface area contributed by atoms with Gasteiger partial charge in [0.25, 0.3) is 11.8 Å². The van der Waals surface area contributed by atoms with Crippen molar-refractivity contribution in [2.24, 2.45) is 0 Å². The van der Waals surface area contributed by atoms with Gasteiger partial charge < -0.3 is 9.80 Å². The summed E-state index contributed by atoms with van der Waals surface area (Å²) in [7, 11) is 0. The molecule has 2 amide bonds. The Labute approximate surface area is 154 Å². The zero-order chi connectivity index (χ0) is 18.5. The lowest BCUT2D eigenvalue weighted by atomic mass is 9.97. The number of pyridine rings is 1. The zero-order valence-corrected chi connectivity index (χ0v) is 15.4. The fourth-order valence-corrected chi connectivity index (χ4v) is 3.16. The Morgan fingerprint density at radius 1 is 0.962 bits per heavy atom. The van der Waals surface area contributed by atoms with E-state index < -0.39 is 0 Å². The number of benzene rings is 1. The molecule has 2 heterocycles. The molecule has 3 rings (SSSR count). The second kappa shape index (κ2) is 8.13. The molecule has 1 unspecified atom stereocenters. The second-order valence-electron chi connectivity index (χ2n) is 6.76.